The lowest BCUT2D eigenvalue weighted by molar-refractivity contribution is -0.137. The van der Waals surface area contributed by atoms with Crippen LogP contribution in [0.3, 0.4) is 0 Å². The van der Waals surface area contributed by atoms with Crippen molar-refractivity contribution in [1.29, 1.82) is 0 Å². The first-order valence-corrected chi connectivity index (χ1v) is 12.7. The predicted octanol–water partition coefficient (Wildman–Crippen LogP) is 5.91. The standard InChI is InChI=1S/C27H32F3N3O2/c1-17-21-14-33(9-5-26(6-10-34-11-7-26)24-15-35-16-31-24)8-4-18(21)12-23-25(17)20-13-19(27(28,29)30)2-3-22(20)32-23/h2-3,13,15-18,21,32H,4-12,14H2,1H3/t17-,18-,21-/m1/s1. The fourth-order valence-electron chi connectivity index (χ4n) is 6.97. The van der Waals surface area contributed by atoms with Gasteiger partial charge in [-0.3, -0.25) is 0 Å². The van der Waals surface area contributed by atoms with E-state index in [0.717, 1.165) is 92.8 Å². The molecule has 3 aromatic rings. The van der Waals surface area contributed by atoms with Gasteiger partial charge in [0.05, 0.1) is 11.3 Å². The summed E-state index contributed by atoms with van der Waals surface area (Å²) >= 11 is 0. The minimum absolute atomic E-state index is 0.00170. The number of H-pyrrole nitrogens is 1. The maximum absolute atomic E-state index is 13.4. The molecule has 2 saturated heterocycles. The van der Waals surface area contributed by atoms with Crippen molar-refractivity contribution in [2.45, 2.75) is 56.5 Å². The van der Waals surface area contributed by atoms with Crippen LogP contribution in [0.25, 0.3) is 10.9 Å². The number of nitrogens with one attached hydrogen (secondary N) is 1. The molecule has 188 valence electrons. The Hall–Kier alpha value is -2.32. The lowest BCUT2D eigenvalue weighted by Crippen LogP contribution is -2.47. The average molecular weight is 488 g/mol. The van der Waals surface area contributed by atoms with Crippen LogP contribution in [0, 0.1) is 11.8 Å². The summed E-state index contributed by atoms with van der Waals surface area (Å²) in [5.74, 6) is 1.23. The number of ether oxygens (including phenoxy) is 1. The third-order valence-electron chi connectivity index (χ3n) is 9.03. The Bertz CT molecular complexity index is 1180. The summed E-state index contributed by atoms with van der Waals surface area (Å²) in [7, 11) is 0. The largest absolute Gasteiger partial charge is 0.451 e. The number of halogens is 3. The average Bonchev–Trinajstić information content (AvgIpc) is 3.51. The summed E-state index contributed by atoms with van der Waals surface area (Å²) in [6, 6.07) is 4.12. The highest BCUT2D eigenvalue weighted by atomic mass is 19.4. The predicted molar refractivity (Wildman–Crippen MR) is 126 cm³/mol. The molecule has 1 aromatic carbocycles. The van der Waals surface area contributed by atoms with E-state index in [-0.39, 0.29) is 11.3 Å². The number of hydrogen-bond acceptors (Lipinski definition) is 4. The quantitative estimate of drug-likeness (QED) is 0.497. The van der Waals surface area contributed by atoms with Crippen LogP contribution in [0.5, 0.6) is 0 Å². The molecular weight excluding hydrogens is 455 g/mol. The SMILES string of the molecule is C[C@H]1c2c([nH]c3ccc(C(F)(F)F)cc23)C[C@H]2CCN(CCC3(c4cocn4)CCOCC3)C[C@@H]21. The molecule has 0 radical (unpaired) electrons. The van der Waals surface area contributed by atoms with Crippen LogP contribution in [0.15, 0.2) is 35.3 Å². The number of rotatable bonds is 4. The Balaban J connectivity index is 1.21. The molecular formula is C27H32F3N3O2. The molecule has 35 heavy (non-hydrogen) atoms. The zero-order valence-corrected chi connectivity index (χ0v) is 20.0. The molecule has 5 nitrogen and oxygen atoms in total. The molecule has 8 heteroatoms. The molecule has 1 aliphatic carbocycles. The second-order valence-electron chi connectivity index (χ2n) is 10.8. The normalized spacial score (nSPS) is 27.0. The van der Waals surface area contributed by atoms with Crippen LogP contribution >= 0.6 is 0 Å². The van der Waals surface area contributed by atoms with Gasteiger partial charge in [-0.05, 0) is 86.7 Å². The molecule has 0 saturated carbocycles. The number of piperidine rings is 1. The Morgan fingerprint density at radius 1 is 1.23 bits per heavy atom. The number of aromatic nitrogens is 2. The smallest absolute Gasteiger partial charge is 0.416 e. The van der Waals surface area contributed by atoms with Gasteiger partial charge in [-0.2, -0.15) is 13.2 Å². The molecule has 6 rings (SSSR count). The van der Waals surface area contributed by atoms with E-state index in [1.165, 1.54) is 18.5 Å². The fourth-order valence-corrected chi connectivity index (χ4v) is 6.97. The molecule has 3 aliphatic rings. The molecule has 0 unspecified atom stereocenters. The van der Waals surface area contributed by atoms with Gasteiger partial charge < -0.3 is 19.0 Å². The molecule has 1 N–H and O–H groups in total. The van der Waals surface area contributed by atoms with Gasteiger partial charge in [-0.1, -0.05) is 6.92 Å². The maximum Gasteiger partial charge on any atom is 0.416 e. The minimum Gasteiger partial charge on any atom is -0.451 e. The second-order valence-corrected chi connectivity index (χ2v) is 10.8. The first-order chi connectivity index (χ1) is 16.8. The van der Waals surface area contributed by atoms with Gasteiger partial charge in [0, 0.05) is 41.8 Å². The summed E-state index contributed by atoms with van der Waals surface area (Å²) in [5, 5.41) is 0.741. The van der Waals surface area contributed by atoms with Crippen LogP contribution in [-0.2, 0) is 22.7 Å². The molecule has 2 aliphatic heterocycles. The summed E-state index contributed by atoms with van der Waals surface area (Å²) in [6.07, 6.45) is 3.95. The number of alkyl halides is 3. The van der Waals surface area contributed by atoms with Crippen molar-refractivity contribution in [2.24, 2.45) is 11.8 Å². The number of fused-ring (bicyclic) bond motifs is 4. The van der Waals surface area contributed by atoms with Gasteiger partial charge in [0.1, 0.15) is 6.26 Å². The number of aromatic amines is 1. The summed E-state index contributed by atoms with van der Waals surface area (Å²) in [4.78, 5) is 10.5. The summed E-state index contributed by atoms with van der Waals surface area (Å²) in [6.45, 7) is 6.74. The number of benzene rings is 1. The van der Waals surface area contributed by atoms with Gasteiger partial charge in [0.15, 0.2) is 6.39 Å². The first kappa shape index (κ1) is 23.1. The molecule has 2 aromatic heterocycles. The number of likely N-dealkylation sites (tertiary alicyclic amines) is 1. The van der Waals surface area contributed by atoms with Crippen LogP contribution in [-0.4, -0.2) is 47.7 Å². The second kappa shape index (κ2) is 8.66. The van der Waals surface area contributed by atoms with Crippen molar-refractivity contribution in [2.75, 3.05) is 32.8 Å². The Kier molecular flexibility index (Phi) is 5.72. The number of nitrogens with zero attached hydrogens (tertiary/aromatic N) is 2. The Morgan fingerprint density at radius 2 is 2.06 bits per heavy atom. The van der Waals surface area contributed by atoms with Crippen molar-refractivity contribution in [1.82, 2.24) is 14.9 Å². The van der Waals surface area contributed by atoms with Crippen molar-refractivity contribution >= 4 is 10.9 Å². The summed E-state index contributed by atoms with van der Waals surface area (Å²) < 4.78 is 51.2. The lowest BCUT2D eigenvalue weighted by atomic mass is 9.68. The zero-order chi connectivity index (χ0) is 24.2. The van der Waals surface area contributed by atoms with E-state index in [2.05, 4.69) is 21.8 Å². The van der Waals surface area contributed by atoms with E-state index in [4.69, 9.17) is 9.15 Å². The van der Waals surface area contributed by atoms with Crippen LogP contribution in [0.1, 0.15) is 61.0 Å². The zero-order valence-electron chi connectivity index (χ0n) is 20.0. The van der Waals surface area contributed by atoms with Crippen LogP contribution < -0.4 is 0 Å². The maximum atomic E-state index is 13.4. The monoisotopic (exact) mass is 487 g/mol. The van der Waals surface area contributed by atoms with Crippen molar-refractivity contribution < 1.29 is 22.3 Å². The highest BCUT2D eigenvalue weighted by Gasteiger charge is 2.42. The topological polar surface area (TPSA) is 54.3 Å². The number of hydrogen-bond donors (Lipinski definition) is 1. The van der Waals surface area contributed by atoms with E-state index >= 15 is 0 Å². The highest BCUT2D eigenvalue weighted by Crippen LogP contribution is 2.47. The van der Waals surface area contributed by atoms with E-state index in [0.29, 0.717) is 11.8 Å². The fraction of sp³-hybridized carbons (Fsp3) is 0.593. The first-order valence-electron chi connectivity index (χ1n) is 12.7. The van der Waals surface area contributed by atoms with Gasteiger partial charge >= 0.3 is 6.18 Å². The Morgan fingerprint density at radius 3 is 2.80 bits per heavy atom. The minimum atomic E-state index is -4.33. The third-order valence-corrected chi connectivity index (χ3v) is 9.03. The molecule has 0 amide bonds. The van der Waals surface area contributed by atoms with E-state index in [1.54, 1.807) is 12.3 Å². The lowest BCUT2D eigenvalue weighted by Gasteiger charge is -2.45. The van der Waals surface area contributed by atoms with E-state index in [9.17, 15) is 13.2 Å². The molecule has 3 atom stereocenters. The van der Waals surface area contributed by atoms with Crippen molar-refractivity contribution in [3.63, 3.8) is 0 Å². The highest BCUT2D eigenvalue weighted by molar-refractivity contribution is 5.86. The van der Waals surface area contributed by atoms with Gasteiger partial charge in [0.2, 0.25) is 0 Å². The van der Waals surface area contributed by atoms with E-state index < -0.39 is 11.7 Å². The molecule has 0 bridgehead atoms. The third kappa shape index (κ3) is 4.08. The van der Waals surface area contributed by atoms with Crippen molar-refractivity contribution in [3.8, 4) is 0 Å². The summed E-state index contributed by atoms with van der Waals surface area (Å²) in [5.41, 5.74) is 3.51. The Labute approximate surface area is 203 Å². The molecule has 4 heterocycles. The van der Waals surface area contributed by atoms with Gasteiger partial charge in [-0.15, -0.1) is 0 Å². The van der Waals surface area contributed by atoms with Gasteiger partial charge in [0.25, 0.3) is 0 Å². The van der Waals surface area contributed by atoms with Crippen molar-refractivity contribution in [3.05, 3.63) is 53.4 Å². The van der Waals surface area contributed by atoms with Gasteiger partial charge in [-0.25, -0.2) is 4.98 Å². The van der Waals surface area contributed by atoms with Crippen LogP contribution in [0.4, 0.5) is 13.2 Å². The molecule has 2 fully saturated rings. The van der Waals surface area contributed by atoms with Crippen LogP contribution in [0.2, 0.25) is 0 Å². The number of oxazole rings is 1. The molecule has 0 spiro atoms. The van der Waals surface area contributed by atoms with E-state index in [1.807, 2.05) is 0 Å².